The summed E-state index contributed by atoms with van der Waals surface area (Å²) in [6.07, 6.45) is 2.32. The van der Waals surface area contributed by atoms with Crippen molar-refractivity contribution in [1.29, 1.82) is 0 Å². The van der Waals surface area contributed by atoms with E-state index in [1.54, 1.807) is 0 Å². The molecule has 0 amide bonds. The molecule has 1 unspecified atom stereocenters. The van der Waals surface area contributed by atoms with E-state index in [0.717, 1.165) is 23.7 Å². The van der Waals surface area contributed by atoms with E-state index >= 15 is 0 Å². The highest BCUT2D eigenvalue weighted by atomic mass is 35.5. The minimum atomic E-state index is 0.310. The topological polar surface area (TPSA) is 15.3 Å². The summed E-state index contributed by atoms with van der Waals surface area (Å²) in [5, 5.41) is 4.08. The van der Waals surface area contributed by atoms with Crippen molar-refractivity contribution in [2.45, 2.75) is 25.8 Å². The second-order valence-corrected chi connectivity index (χ2v) is 6.01. The molecule has 1 aliphatic heterocycles. The van der Waals surface area contributed by atoms with Crippen molar-refractivity contribution in [2.24, 2.45) is 0 Å². The smallest absolute Gasteiger partial charge is 0.0646 e. The molecule has 110 valence electrons. The lowest BCUT2D eigenvalue weighted by Crippen LogP contribution is -2.24. The molecule has 2 aromatic rings. The standard InChI is InChI=1S/C18H21ClN2/c1-13(20-2)15-9-10-18(16(19)12-15)21-11-5-7-14-6-3-4-8-17(14)21/h3-4,6,8-10,12-13,20H,5,7,11H2,1-2H3. The minimum Gasteiger partial charge on any atom is -0.340 e. The predicted octanol–water partition coefficient (Wildman–Crippen LogP) is 4.70. The molecule has 1 aliphatic rings. The molecule has 3 heteroatoms. The molecule has 2 aromatic carbocycles. The summed E-state index contributed by atoms with van der Waals surface area (Å²) in [5.74, 6) is 0. The van der Waals surface area contributed by atoms with Crippen molar-refractivity contribution >= 4 is 23.0 Å². The number of hydrogen-bond donors (Lipinski definition) is 1. The molecular formula is C18H21ClN2. The number of rotatable bonds is 3. The molecule has 1 heterocycles. The summed E-state index contributed by atoms with van der Waals surface area (Å²) >= 11 is 6.56. The Morgan fingerprint density at radius 2 is 1.95 bits per heavy atom. The normalized spacial score (nSPS) is 15.7. The molecule has 0 fully saturated rings. The van der Waals surface area contributed by atoms with Crippen LogP contribution in [-0.2, 0) is 6.42 Å². The van der Waals surface area contributed by atoms with Gasteiger partial charge in [-0.05, 0) is 56.1 Å². The first-order valence-electron chi connectivity index (χ1n) is 7.53. The van der Waals surface area contributed by atoms with Crippen molar-refractivity contribution in [2.75, 3.05) is 18.5 Å². The lowest BCUT2D eigenvalue weighted by atomic mass is 10.0. The van der Waals surface area contributed by atoms with Gasteiger partial charge in [-0.2, -0.15) is 0 Å². The zero-order valence-corrected chi connectivity index (χ0v) is 13.3. The van der Waals surface area contributed by atoms with Gasteiger partial charge in [-0.3, -0.25) is 0 Å². The lowest BCUT2D eigenvalue weighted by molar-refractivity contribution is 0.652. The molecule has 21 heavy (non-hydrogen) atoms. The summed E-state index contributed by atoms with van der Waals surface area (Å²) < 4.78 is 0. The first kappa shape index (κ1) is 14.4. The van der Waals surface area contributed by atoms with Gasteiger partial charge in [0.05, 0.1) is 10.7 Å². The Bertz CT molecular complexity index is 639. The molecule has 2 nitrogen and oxygen atoms in total. The van der Waals surface area contributed by atoms with Crippen molar-refractivity contribution in [1.82, 2.24) is 5.32 Å². The van der Waals surface area contributed by atoms with Crippen LogP contribution in [0.1, 0.15) is 30.5 Å². The Balaban J connectivity index is 1.98. The van der Waals surface area contributed by atoms with Crippen molar-refractivity contribution < 1.29 is 0 Å². The maximum Gasteiger partial charge on any atom is 0.0646 e. The predicted molar refractivity (Wildman–Crippen MR) is 90.7 cm³/mol. The maximum atomic E-state index is 6.56. The highest BCUT2D eigenvalue weighted by Crippen LogP contribution is 2.38. The average Bonchev–Trinajstić information content (AvgIpc) is 2.53. The van der Waals surface area contributed by atoms with Crippen LogP contribution in [0.2, 0.25) is 5.02 Å². The van der Waals surface area contributed by atoms with Gasteiger partial charge in [0.15, 0.2) is 0 Å². The highest BCUT2D eigenvalue weighted by Gasteiger charge is 2.20. The monoisotopic (exact) mass is 300 g/mol. The molecule has 3 rings (SSSR count). The van der Waals surface area contributed by atoms with Crippen LogP contribution >= 0.6 is 11.6 Å². The number of benzene rings is 2. The van der Waals surface area contributed by atoms with E-state index < -0.39 is 0 Å². The van der Waals surface area contributed by atoms with Crippen LogP contribution < -0.4 is 10.2 Å². The molecule has 0 spiro atoms. The summed E-state index contributed by atoms with van der Waals surface area (Å²) in [7, 11) is 1.97. The molecule has 1 atom stereocenters. The van der Waals surface area contributed by atoms with Crippen LogP contribution in [0, 0.1) is 0 Å². The van der Waals surface area contributed by atoms with Crippen LogP contribution in [0.15, 0.2) is 42.5 Å². The molecular weight excluding hydrogens is 280 g/mol. The third kappa shape index (κ3) is 2.78. The minimum absolute atomic E-state index is 0.310. The lowest BCUT2D eigenvalue weighted by Gasteiger charge is -2.32. The van der Waals surface area contributed by atoms with Crippen LogP contribution in [0.4, 0.5) is 11.4 Å². The molecule has 0 saturated heterocycles. The van der Waals surface area contributed by atoms with Gasteiger partial charge in [-0.15, -0.1) is 0 Å². The zero-order chi connectivity index (χ0) is 14.8. The second kappa shape index (κ2) is 6.08. The number of nitrogens with zero attached hydrogens (tertiary/aromatic N) is 1. The van der Waals surface area contributed by atoms with Crippen LogP contribution in [0.25, 0.3) is 0 Å². The van der Waals surface area contributed by atoms with Gasteiger partial charge in [0, 0.05) is 18.3 Å². The number of hydrogen-bond acceptors (Lipinski definition) is 2. The largest absolute Gasteiger partial charge is 0.340 e. The number of para-hydroxylation sites is 1. The van der Waals surface area contributed by atoms with Gasteiger partial charge < -0.3 is 10.2 Å². The molecule has 0 bridgehead atoms. The third-order valence-electron chi connectivity index (χ3n) is 4.31. The summed E-state index contributed by atoms with van der Waals surface area (Å²) in [5.41, 5.74) is 5.03. The van der Waals surface area contributed by atoms with Gasteiger partial charge in [0.25, 0.3) is 0 Å². The summed E-state index contributed by atoms with van der Waals surface area (Å²) in [6, 6.07) is 15.3. The second-order valence-electron chi connectivity index (χ2n) is 5.61. The number of anilines is 2. The van der Waals surface area contributed by atoms with Crippen molar-refractivity contribution in [3.8, 4) is 0 Å². The molecule has 1 N–H and O–H groups in total. The average molecular weight is 301 g/mol. The van der Waals surface area contributed by atoms with E-state index in [9.17, 15) is 0 Å². The van der Waals surface area contributed by atoms with Gasteiger partial charge in [-0.25, -0.2) is 0 Å². The quantitative estimate of drug-likeness (QED) is 0.883. The van der Waals surface area contributed by atoms with E-state index in [-0.39, 0.29) is 0 Å². The molecule has 0 radical (unpaired) electrons. The fourth-order valence-corrected chi connectivity index (χ4v) is 3.25. The van der Waals surface area contributed by atoms with Crippen LogP contribution in [-0.4, -0.2) is 13.6 Å². The van der Waals surface area contributed by atoms with Crippen LogP contribution in [0.3, 0.4) is 0 Å². The number of halogens is 1. The Morgan fingerprint density at radius 3 is 2.71 bits per heavy atom. The van der Waals surface area contributed by atoms with Crippen molar-refractivity contribution in [3.63, 3.8) is 0 Å². The number of aryl methyl sites for hydroxylation is 1. The van der Waals surface area contributed by atoms with Gasteiger partial charge >= 0.3 is 0 Å². The fourth-order valence-electron chi connectivity index (χ4n) is 2.96. The SMILES string of the molecule is CNC(C)c1ccc(N2CCCc3ccccc32)c(Cl)c1. The van der Waals surface area contributed by atoms with E-state index in [4.69, 9.17) is 11.6 Å². The van der Waals surface area contributed by atoms with E-state index in [1.807, 2.05) is 7.05 Å². The first-order chi connectivity index (χ1) is 10.2. The van der Waals surface area contributed by atoms with E-state index in [1.165, 1.54) is 23.2 Å². The number of nitrogens with one attached hydrogen (secondary N) is 1. The Hall–Kier alpha value is -1.51. The fraction of sp³-hybridized carbons (Fsp3) is 0.333. The Morgan fingerprint density at radius 1 is 1.14 bits per heavy atom. The summed E-state index contributed by atoms with van der Waals surface area (Å²) in [6.45, 7) is 3.17. The van der Waals surface area contributed by atoms with Crippen molar-refractivity contribution in [3.05, 3.63) is 58.6 Å². The molecule has 0 aliphatic carbocycles. The zero-order valence-electron chi connectivity index (χ0n) is 12.6. The molecule has 0 aromatic heterocycles. The highest BCUT2D eigenvalue weighted by molar-refractivity contribution is 6.33. The number of fused-ring (bicyclic) bond motifs is 1. The van der Waals surface area contributed by atoms with Crippen LogP contribution in [0.5, 0.6) is 0 Å². The van der Waals surface area contributed by atoms with Gasteiger partial charge in [0.1, 0.15) is 0 Å². The van der Waals surface area contributed by atoms with Gasteiger partial charge in [0.2, 0.25) is 0 Å². The Labute approximate surface area is 131 Å². The maximum absolute atomic E-state index is 6.56. The first-order valence-corrected chi connectivity index (χ1v) is 7.90. The third-order valence-corrected chi connectivity index (χ3v) is 4.61. The van der Waals surface area contributed by atoms with Gasteiger partial charge in [-0.1, -0.05) is 35.9 Å². The Kier molecular flexibility index (Phi) is 4.18. The van der Waals surface area contributed by atoms with E-state index in [2.05, 4.69) is 59.6 Å². The molecule has 0 saturated carbocycles. The van der Waals surface area contributed by atoms with E-state index in [0.29, 0.717) is 6.04 Å². The summed E-state index contributed by atoms with van der Waals surface area (Å²) in [4.78, 5) is 2.34.